The zero-order valence-electron chi connectivity index (χ0n) is 16.5. The Balaban J connectivity index is 1.45. The molecule has 1 atom stereocenters. The maximum Gasteiger partial charge on any atom is 0.416 e. The molecule has 2 heterocycles. The SMILES string of the molecule is CN(C)C(=O)CN1CCC(c2cc(CCOc3ccc(C(F)(F)F)cc3)[nH]n2)C1. The zero-order chi connectivity index (χ0) is 21.0. The largest absolute Gasteiger partial charge is 0.493 e. The molecular weight excluding hydrogens is 385 g/mol. The smallest absolute Gasteiger partial charge is 0.416 e. The summed E-state index contributed by atoms with van der Waals surface area (Å²) in [6, 6.07) is 6.66. The van der Waals surface area contributed by atoms with Crippen LogP contribution in [0.3, 0.4) is 0 Å². The van der Waals surface area contributed by atoms with Crippen LogP contribution in [0, 0.1) is 0 Å². The first kappa shape index (κ1) is 21.2. The predicted molar refractivity (Wildman–Crippen MR) is 102 cm³/mol. The molecule has 1 aromatic heterocycles. The van der Waals surface area contributed by atoms with Gasteiger partial charge in [0.2, 0.25) is 5.91 Å². The van der Waals surface area contributed by atoms with Crippen LogP contribution in [-0.2, 0) is 17.4 Å². The van der Waals surface area contributed by atoms with Gasteiger partial charge in [-0.3, -0.25) is 14.8 Å². The number of carbonyl (C=O) groups excluding carboxylic acids is 1. The molecule has 2 aromatic rings. The van der Waals surface area contributed by atoms with Gasteiger partial charge in [0.15, 0.2) is 0 Å². The first-order valence-corrected chi connectivity index (χ1v) is 9.49. The second kappa shape index (κ2) is 8.86. The van der Waals surface area contributed by atoms with E-state index in [1.165, 1.54) is 12.1 Å². The lowest BCUT2D eigenvalue weighted by Crippen LogP contribution is -2.35. The molecule has 0 saturated carbocycles. The Morgan fingerprint density at radius 3 is 2.69 bits per heavy atom. The standard InChI is InChI=1S/C20H25F3N4O2/c1-26(2)19(28)13-27-9-7-14(12-27)18-11-16(24-25-18)8-10-29-17-5-3-15(4-6-17)20(21,22)23/h3-6,11,14H,7-10,12-13H2,1-2H3,(H,24,25). The molecule has 1 aliphatic rings. The van der Waals surface area contributed by atoms with Crippen molar-refractivity contribution in [3.63, 3.8) is 0 Å². The summed E-state index contributed by atoms with van der Waals surface area (Å²) in [6.07, 6.45) is -2.82. The van der Waals surface area contributed by atoms with Gasteiger partial charge in [0.25, 0.3) is 0 Å². The molecule has 158 valence electrons. The Morgan fingerprint density at radius 2 is 2.03 bits per heavy atom. The number of likely N-dealkylation sites (N-methyl/N-ethyl adjacent to an activating group) is 1. The Kier molecular flexibility index (Phi) is 6.46. The van der Waals surface area contributed by atoms with Gasteiger partial charge in [-0.05, 0) is 43.3 Å². The number of likely N-dealkylation sites (tertiary alicyclic amines) is 1. The topological polar surface area (TPSA) is 61.5 Å². The molecule has 0 aliphatic carbocycles. The fraction of sp³-hybridized carbons (Fsp3) is 0.500. The van der Waals surface area contributed by atoms with E-state index in [1.807, 2.05) is 6.07 Å². The summed E-state index contributed by atoms with van der Waals surface area (Å²) in [7, 11) is 3.51. The zero-order valence-corrected chi connectivity index (χ0v) is 16.5. The van der Waals surface area contributed by atoms with Crippen molar-refractivity contribution in [1.29, 1.82) is 0 Å². The minimum atomic E-state index is -4.35. The van der Waals surface area contributed by atoms with Gasteiger partial charge in [0, 0.05) is 38.7 Å². The third-order valence-electron chi connectivity index (χ3n) is 5.02. The van der Waals surface area contributed by atoms with Crippen molar-refractivity contribution >= 4 is 5.91 Å². The highest BCUT2D eigenvalue weighted by atomic mass is 19.4. The van der Waals surface area contributed by atoms with Gasteiger partial charge in [-0.1, -0.05) is 0 Å². The number of hydrogen-bond acceptors (Lipinski definition) is 4. The van der Waals surface area contributed by atoms with Gasteiger partial charge in [0.05, 0.1) is 24.4 Å². The molecular formula is C20H25F3N4O2. The lowest BCUT2D eigenvalue weighted by atomic mass is 10.0. The molecule has 1 saturated heterocycles. The molecule has 3 rings (SSSR count). The second-order valence-electron chi connectivity index (χ2n) is 7.45. The average molecular weight is 410 g/mol. The van der Waals surface area contributed by atoms with Gasteiger partial charge in [-0.15, -0.1) is 0 Å². The lowest BCUT2D eigenvalue weighted by molar-refractivity contribution is -0.137. The van der Waals surface area contributed by atoms with Gasteiger partial charge >= 0.3 is 6.18 Å². The summed E-state index contributed by atoms with van der Waals surface area (Å²) in [5.41, 5.74) is 1.19. The minimum Gasteiger partial charge on any atom is -0.493 e. The number of halogens is 3. The normalized spacial score (nSPS) is 17.5. The summed E-state index contributed by atoms with van der Waals surface area (Å²) in [5, 5.41) is 7.38. The third-order valence-corrected chi connectivity index (χ3v) is 5.02. The highest BCUT2D eigenvalue weighted by molar-refractivity contribution is 5.77. The Morgan fingerprint density at radius 1 is 1.31 bits per heavy atom. The highest BCUT2D eigenvalue weighted by Gasteiger charge is 2.30. The molecule has 1 aromatic carbocycles. The lowest BCUT2D eigenvalue weighted by Gasteiger charge is -2.17. The predicted octanol–water partition coefficient (Wildman–Crippen LogP) is 2.93. The molecule has 1 unspecified atom stereocenters. The number of alkyl halides is 3. The van der Waals surface area contributed by atoms with Gasteiger partial charge < -0.3 is 9.64 Å². The number of rotatable bonds is 7. The fourth-order valence-corrected chi connectivity index (χ4v) is 3.29. The Labute approximate surface area is 167 Å². The van der Waals surface area contributed by atoms with Crippen LogP contribution in [0.15, 0.2) is 30.3 Å². The summed E-state index contributed by atoms with van der Waals surface area (Å²) in [6.45, 7) is 2.41. The molecule has 1 amide bonds. The first-order valence-electron chi connectivity index (χ1n) is 9.49. The molecule has 1 fully saturated rings. The highest BCUT2D eigenvalue weighted by Crippen LogP contribution is 2.30. The van der Waals surface area contributed by atoms with E-state index in [4.69, 9.17) is 4.74 Å². The van der Waals surface area contributed by atoms with E-state index in [0.717, 1.165) is 43.0 Å². The number of carbonyl (C=O) groups is 1. The first-order chi connectivity index (χ1) is 13.7. The van der Waals surface area contributed by atoms with Crippen LogP contribution >= 0.6 is 0 Å². The number of benzene rings is 1. The van der Waals surface area contributed by atoms with Crippen molar-refractivity contribution < 1.29 is 22.7 Å². The number of nitrogens with one attached hydrogen (secondary N) is 1. The van der Waals surface area contributed by atoms with Gasteiger partial charge in [-0.2, -0.15) is 18.3 Å². The van der Waals surface area contributed by atoms with Crippen molar-refractivity contribution in [3.05, 3.63) is 47.3 Å². The molecule has 0 radical (unpaired) electrons. The summed E-state index contributed by atoms with van der Waals surface area (Å²) < 4.78 is 43.2. The van der Waals surface area contributed by atoms with E-state index in [-0.39, 0.29) is 11.8 Å². The maximum absolute atomic E-state index is 12.6. The summed E-state index contributed by atoms with van der Waals surface area (Å²) in [4.78, 5) is 15.6. The van der Waals surface area contributed by atoms with E-state index < -0.39 is 11.7 Å². The number of ether oxygens (including phenoxy) is 1. The van der Waals surface area contributed by atoms with Crippen LogP contribution in [0.5, 0.6) is 5.75 Å². The van der Waals surface area contributed by atoms with Crippen LogP contribution in [0.25, 0.3) is 0 Å². The quantitative estimate of drug-likeness (QED) is 0.763. The van der Waals surface area contributed by atoms with Crippen molar-refractivity contribution in [2.24, 2.45) is 0 Å². The number of nitrogens with zero attached hydrogens (tertiary/aromatic N) is 3. The molecule has 0 spiro atoms. The van der Waals surface area contributed by atoms with E-state index in [1.54, 1.807) is 19.0 Å². The molecule has 6 nitrogen and oxygen atoms in total. The molecule has 1 N–H and O–H groups in total. The van der Waals surface area contributed by atoms with Crippen molar-refractivity contribution in [2.45, 2.75) is 24.9 Å². The van der Waals surface area contributed by atoms with Crippen molar-refractivity contribution in [2.75, 3.05) is 40.3 Å². The van der Waals surface area contributed by atoms with Gasteiger partial charge in [-0.25, -0.2) is 0 Å². The van der Waals surface area contributed by atoms with Crippen LogP contribution < -0.4 is 4.74 Å². The molecule has 29 heavy (non-hydrogen) atoms. The number of aromatic amines is 1. The number of H-pyrrole nitrogens is 1. The van der Waals surface area contributed by atoms with Crippen LogP contribution in [-0.4, -0.2) is 66.2 Å². The Bertz CT molecular complexity index is 818. The number of hydrogen-bond donors (Lipinski definition) is 1. The number of aromatic nitrogens is 2. The molecule has 1 aliphatic heterocycles. The van der Waals surface area contributed by atoms with E-state index in [0.29, 0.717) is 25.3 Å². The third kappa shape index (κ3) is 5.72. The van der Waals surface area contributed by atoms with E-state index in [9.17, 15) is 18.0 Å². The van der Waals surface area contributed by atoms with Crippen LogP contribution in [0.1, 0.15) is 29.3 Å². The van der Waals surface area contributed by atoms with E-state index >= 15 is 0 Å². The summed E-state index contributed by atoms with van der Waals surface area (Å²) >= 11 is 0. The van der Waals surface area contributed by atoms with Crippen LogP contribution in [0.2, 0.25) is 0 Å². The summed E-state index contributed by atoms with van der Waals surface area (Å²) in [5.74, 6) is 0.773. The second-order valence-corrected chi connectivity index (χ2v) is 7.45. The average Bonchev–Trinajstić information content (AvgIpc) is 3.31. The van der Waals surface area contributed by atoms with Crippen molar-refractivity contribution in [3.8, 4) is 5.75 Å². The van der Waals surface area contributed by atoms with Crippen LogP contribution in [0.4, 0.5) is 13.2 Å². The molecule has 9 heteroatoms. The van der Waals surface area contributed by atoms with E-state index in [2.05, 4.69) is 15.1 Å². The monoisotopic (exact) mass is 410 g/mol. The maximum atomic E-state index is 12.6. The van der Waals surface area contributed by atoms with Gasteiger partial charge in [0.1, 0.15) is 5.75 Å². The number of amides is 1. The minimum absolute atomic E-state index is 0.0915. The fourth-order valence-electron chi connectivity index (χ4n) is 3.29. The Hall–Kier alpha value is -2.55. The van der Waals surface area contributed by atoms with Crippen molar-refractivity contribution in [1.82, 2.24) is 20.0 Å². The molecule has 0 bridgehead atoms.